The highest BCUT2D eigenvalue weighted by Crippen LogP contribution is 2.40. The van der Waals surface area contributed by atoms with Crippen LogP contribution < -0.4 is 4.90 Å². The van der Waals surface area contributed by atoms with E-state index in [0.717, 1.165) is 18.1 Å². The molecule has 4 nitrogen and oxygen atoms in total. The summed E-state index contributed by atoms with van der Waals surface area (Å²) in [4.78, 5) is 14.2. The van der Waals surface area contributed by atoms with Crippen LogP contribution in [0, 0.1) is 0 Å². The SMILES string of the molecule is C1=CC(c2cccnc2)N(c2cccc(CN3CCCC3)n2)c2ccccc21. The molecule has 2 aliphatic heterocycles. The van der Waals surface area contributed by atoms with Crippen LogP contribution in [0.4, 0.5) is 11.5 Å². The third kappa shape index (κ3) is 3.32. The Morgan fingerprint density at radius 3 is 2.68 bits per heavy atom. The Bertz CT molecular complexity index is 977. The number of aromatic nitrogens is 2. The van der Waals surface area contributed by atoms with E-state index < -0.39 is 0 Å². The Hall–Kier alpha value is -2.98. The lowest BCUT2D eigenvalue weighted by Gasteiger charge is -2.35. The van der Waals surface area contributed by atoms with E-state index in [2.05, 4.69) is 75.5 Å². The summed E-state index contributed by atoms with van der Waals surface area (Å²) in [5, 5.41) is 0. The van der Waals surface area contributed by atoms with E-state index >= 15 is 0 Å². The van der Waals surface area contributed by atoms with Crippen molar-refractivity contribution in [2.45, 2.75) is 25.4 Å². The van der Waals surface area contributed by atoms with Gasteiger partial charge in [0, 0.05) is 18.9 Å². The molecule has 4 heterocycles. The molecular formula is C24H24N4. The summed E-state index contributed by atoms with van der Waals surface area (Å²) in [6, 6.07) is 19.1. The highest BCUT2D eigenvalue weighted by Gasteiger charge is 2.26. The molecule has 4 heteroatoms. The molecular weight excluding hydrogens is 344 g/mol. The lowest BCUT2D eigenvalue weighted by molar-refractivity contribution is 0.327. The zero-order chi connectivity index (χ0) is 18.8. The summed E-state index contributed by atoms with van der Waals surface area (Å²) in [5.41, 5.74) is 4.70. The fraction of sp³-hybridized carbons (Fsp3) is 0.250. The number of likely N-dealkylation sites (tertiary alicyclic amines) is 1. The number of hydrogen-bond acceptors (Lipinski definition) is 4. The van der Waals surface area contributed by atoms with Crippen LogP contribution >= 0.6 is 0 Å². The van der Waals surface area contributed by atoms with Gasteiger partial charge in [0.1, 0.15) is 5.82 Å². The first-order chi connectivity index (χ1) is 13.9. The van der Waals surface area contributed by atoms with Crippen molar-refractivity contribution in [1.82, 2.24) is 14.9 Å². The standard InChI is InChI=1S/C24H24N4/c1-2-10-22-19(7-1)12-13-23(20-8-6-14-25-17-20)28(22)24-11-5-9-21(26-24)18-27-15-3-4-16-27/h1-2,5-14,17,23H,3-4,15-16,18H2. The van der Waals surface area contributed by atoms with Gasteiger partial charge in [-0.2, -0.15) is 0 Å². The lowest BCUT2D eigenvalue weighted by Crippen LogP contribution is -2.27. The van der Waals surface area contributed by atoms with E-state index in [9.17, 15) is 0 Å². The summed E-state index contributed by atoms with van der Waals surface area (Å²) in [6.45, 7) is 3.29. The smallest absolute Gasteiger partial charge is 0.134 e. The van der Waals surface area contributed by atoms with Crippen LogP contribution in [0.5, 0.6) is 0 Å². The molecule has 0 N–H and O–H groups in total. The van der Waals surface area contributed by atoms with Crippen molar-refractivity contribution in [2.75, 3.05) is 18.0 Å². The largest absolute Gasteiger partial charge is 0.315 e. The second-order valence-corrected chi connectivity index (χ2v) is 7.49. The quantitative estimate of drug-likeness (QED) is 0.650. The van der Waals surface area contributed by atoms with Gasteiger partial charge in [-0.15, -0.1) is 0 Å². The minimum absolute atomic E-state index is 0.0816. The van der Waals surface area contributed by atoms with Crippen molar-refractivity contribution >= 4 is 17.6 Å². The Labute approximate surface area is 166 Å². The number of para-hydroxylation sites is 1. The van der Waals surface area contributed by atoms with Crippen LogP contribution in [0.3, 0.4) is 0 Å². The Morgan fingerprint density at radius 2 is 1.82 bits per heavy atom. The number of benzene rings is 1. The van der Waals surface area contributed by atoms with Crippen LogP contribution in [0.2, 0.25) is 0 Å². The highest BCUT2D eigenvalue weighted by atomic mass is 15.2. The second-order valence-electron chi connectivity index (χ2n) is 7.49. The molecule has 0 saturated carbocycles. The monoisotopic (exact) mass is 368 g/mol. The first-order valence-electron chi connectivity index (χ1n) is 10.0. The van der Waals surface area contributed by atoms with Crippen LogP contribution in [0.15, 0.2) is 73.1 Å². The molecule has 0 bridgehead atoms. The maximum absolute atomic E-state index is 5.06. The average Bonchev–Trinajstić information content (AvgIpc) is 3.27. The maximum Gasteiger partial charge on any atom is 0.134 e. The van der Waals surface area contributed by atoms with Gasteiger partial charge in [0.25, 0.3) is 0 Å². The maximum atomic E-state index is 5.06. The van der Waals surface area contributed by atoms with Crippen molar-refractivity contribution < 1.29 is 0 Å². The zero-order valence-electron chi connectivity index (χ0n) is 15.9. The first kappa shape index (κ1) is 17.1. The van der Waals surface area contributed by atoms with Crippen molar-refractivity contribution in [3.05, 3.63) is 89.9 Å². The lowest BCUT2D eigenvalue weighted by atomic mass is 9.98. The number of anilines is 2. The molecule has 3 aromatic rings. The molecule has 0 spiro atoms. The van der Waals surface area contributed by atoms with Crippen LogP contribution in [-0.2, 0) is 6.54 Å². The van der Waals surface area contributed by atoms with E-state index in [4.69, 9.17) is 4.98 Å². The molecule has 1 atom stereocenters. The normalized spacial score (nSPS) is 19.0. The summed E-state index contributed by atoms with van der Waals surface area (Å²) in [7, 11) is 0. The summed E-state index contributed by atoms with van der Waals surface area (Å²) in [6.07, 6.45) is 10.8. The zero-order valence-corrected chi connectivity index (χ0v) is 15.9. The van der Waals surface area contributed by atoms with Crippen molar-refractivity contribution in [3.8, 4) is 0 Å². The van der Waals surface area contributed by atoms with Crippen LogP contribution in [0.1, 0.15) is 35.7 Å². The van der Waals surface area contributed by atoms with Crippen LogP contribution in [-0.4, -0.2) is 28.0 Å². The van der Waals surface area contributed by atoms with E-state index in [0.29, 0.717) is 0 Å². The minimum Gasteiger partial charge on any atom is -0.315 e. The summed E-state index contributed by atoms with van der Waals surface area (Å²) < 4.78 is 0. The fourth-order valence-electron chi connectivity index (χ4n) is 4.21. The van der Waals surface area contributed by atoms with Gasteiger partial charge in [-0.3, -0.25) is 9.88 Å². The average molecular weight is 368 g/mol. The third-order valence-corrected chi connectivity index (χ3v) is 5.58. The molecule has 1 unspecified atom stereocenters. The second kappa shape index (κ2) is 7.56. The Kier molecular flexibility index (Phi) is 4.63. The topological polar surface area (TPSA) is 32.3 Å². The molecule has 0 aliphatic carbocycles. The van der Waals surface area contributed by atoms with Crippen molar-refractivity contribution in [3.63, 3.8) is 0 Å². The van der Waals surface area contributed by atoms with Crippen molar-refractivity contribution in [2.24, 2.45) is 0 Å². The number of fused-ring (bicyclic) bond motifs is 1. The number of nitrogens with zero attached hydrogens (tertiary/aromatic N) is 4. The first-order valence-corrected chi connectivity index (χ1v) is 10.0. The number of rotatable bonds is 4. The van der Waals surface area contributed by atoms with E-state index in [1.807, 2.05) is 18.5 Å². The molecule has 2 aliphatic rings. The molecule has 140 valence electrons. The Morgan fingerprint density at radius 1 is 0.929 bits per heavy atom. The molecule has 0 amide bonds. The molecule has 1 aromatic carbocycles. The highest BCUT2D eigenvalue weighted by molar-refractivity contribution is 5.78. The van der Waals surface area contributed by atoms with Gasteiger partial charge in [0.15, 0.2) is 0 Å². The number of hydrogen-bond donors (Lipinski definition) is 0. The van der Waals surface area contributed by atoms with E-state index in [1.54, 1.807) is 0 Å². The van der Waals surface area contributed by atoms with Gasteiger partial charge in [0.05, 0.1) is 17.4 Å². The summed E-state index contributed by atoms with van der Waals surface area (Å²) >= 11 is 0. The predicted octanol–water partition coefficient (Wildman–Crippen LogP) is 4.98. The molecule has 28 heavy (non-hydrogen) atoms. The van der Waals surface area contributed by atoms with Gasteiger partial charge in [-0.25, -0.2) is 4.98 Å². The van der Waals surface area contributed by atoms with Gasteiger partial charge < -0.3 is 4.90 Å². The van der Waals surface area contributed by atoms with E-state index in [1.165, 1.54) is 42.7 Å². The minimum atomic E-state index is 0.0816. The van der Waals surface area contributed by atoms with Gasteiger partial charge in [-0.05, 0) is 61.3 Å². The Balaban J connectivity index is 1.55. The molecule has 5 rings (SSSR count). The van der Waals surface area contributed by atoms with Gasteiger partial charge in [0.2, 0.25) is 0 Å². The summed E-state index contributed by atoms with van der Waals surface area (Å²) in [5.74, 6) is 0.988. The van der Waals surface area contributed by atoms with Crippen molar-refractivity contribution in [1.29, 1.82) is 0 Å². The van der Waals surface area contributed by atoms with Crippen LogP contribution in [0.25, 0.3) is 6.08 Å². The molecule has 2 aromatic heterocycles. The van der Waals surface area contributed by atoms with Gasteiger partial charge in [-0.1, -0.05) is 42.5 Å². The third-order valence-electron chi connectivity index (χ3n) is 5.58. The molecule has 1 saturated heterocycles. The molecule has 1 fully saturated rings. The fourth-order valence-corrected chi connectivity index (χ4v) is 4.21. The molecule has 0 radical (unpaired) electrons. The van der Waals surface area contributed by atoms with E-state index in [-0.39, 0.29) is 6.04 Å². The predicted molar refractivity (Wildman–Crippen MR) is 113 cm³/mol. The van der Waals surface area contributed by atoms with Gasteiger partial charge >= 0.3 is 0 Å². The number of pyridine rings is 2.